The van der Waals surface area contributed by atoms with Crippen molar-refractivity contribution in [1.29, 1.82) is 0 Å². The van der Waals surface area contributed by atoms with Gasteiger partial charge in [0.2, 0.25) is 0 Å². The number of halogens is 1. The molecule has 154 valence electrons. The molecule has 5 heteroatoms. The Balaban J connectivity index is 1.62. The second-order valence-corrected chi connectivity index (χ2v) is 9.13. The van der Waals surface area contributed by atoms with E-state index in [1.54, 1.807) is 0 Å². The van der Waals surface area contributed by atoms with Crippen LogP contribution in [-0.4, -0.2) is 37.6 Å². The number of para-hydroxylation sites is 1. The molecule has 1 heterocycles. The predicted octanol–water partition coefficient (Wildman–Crippen LogP) is 5.04. The van der Waals surface area contributed by atoms with Crippen LogP contribution in [0.1, 0.15) is 49.0 Å². The van der Waals surface area contributed by atoms with E-state index < -0.39 is 0 Å². The van der Waals surface area contributed by atoms with Crippen LogP contribution in [0, 0.1) is 0 Å². The van der Waals surface area contributed by atoms with Crippen LogP contribution in [0.2, 0.25) is 0 Å². The Labute approximate surface area is 181 Å². The number of nitrogens with zero attached hydrogens (tertiary/aromatic N) is 1. The zero-order chi connectivity index (χ0) is 20.4. The number of likely N-dealkylation sites (tertiary alicyclic amines) is 1. The van der Waals surface area contributed by atoms with Crippen molar-refractivity contribution in [3.05, 3.63) is 63.6 Å². The van der Waals surface area contributed by atoms with Gasteiger partial charge in [0, 0.05) is 15.5 Å². The van der Waals surface area contributed by atoms with E-state index in [-0.39, 0.29) is 23.9 Å². The fourth-order valence-electron chi connectivity index (χ4n) is 4.77. The summed E-state index contributed by atoms with van der Waals surface area (Å²) in [5.41, 5.74) is 3.77. The Morgan fingerprint density at radius 3 is 2.72 bits per heavy atom. The minimum Gasteiger partial charge on any atom is -0.485 e. The van der Waals surface area contributed by atoms with Crippen molar-refractivity contribution in [2.24, 2.45) is 0 Å². The molecule has 1 spiro atoms. The van der Waals surface area contributed by atoms with Crippen LogP contribution in [0.15, 0.2) is 46.9 Å². The number of carbonyl (C=O) groups excluding carboxylic acids is 1. The molecule has 1 fully saturated rings. The van der Waals surface area contributed by atoms with Crippen LogP contribution >= 0.6 is 15.9 Å². The summed E-state index contributed by atoms with van der Waals surface area (Å²) in [6, 6.07) is 14.5. The average Bonchev–Trinajstić information content (AvgIpc) is 2.98. The number of esters is 1. The van der Waals surface area contributed by atoms with E-state index in [2.05, 4.69) is 46.1 Å². The lowest BCUT2D eigenvalue weighted by Crippen LogP contribution is -2.39. The van der Waals surface area contributed by atoms with Gasteiger partial charge in [-0.05, 0) is 75.6 Å². The van der Waals surface area contributed by atoms with Gasteiger partial charge in [-0.15, -0.1) is 0 Å². The van der Waals surface area contributed by atoms with E-state index in [4.69, 9.17) is 9.47 Å². The molecule has 2 aromatic carbocycles. The van der Waals surface area contributed by atoms with Crippen LogP contribution in [-0.2, 0) is 21.4 Å². The molecule has 2 aromatic rings. The highest BCUT2D eigenvalue weighted by Gasteiger charge is 2.46. The Hall–Kier alpha value is -1.85. The Kier molecular flexibility index (Phi) is 5.98. The summed E-state index contributed by atoms with van der Waals surface area (Å²) in [5.74, 6) is 0.561. The zero-order valence-corrected chi connectivity index (χ0v) is 18.7. The number of piperidine rings is 1. The fourth-order valence-corrected chi connectivity index (χ4v) is 5.15. The zero-order valence-electron chi connectivity index (χ0n) is 17.1. The summed E-state index contributed by atoms with van der Waals surface area (Å²) in [6.45, 7) is 4.45. The summed E-state index contributed by atoms with van der Waals surface area (Å²) >= 11 is 3.64. The third-order valence-corrected chi connectivity index (χ3v) is 6.83. The van der Waals surface area contributed by atoms with Crippen molar-refractivity contribution in [1.82, 2.24) is 4.90 Å². The van der Waals surface area contributed by atoms with Crippen LogP contribution in [0.3, 0.4) is 0 Å². The smallest absolute Gasteiger partial charge is 0.310 e. The van der Waals surface area contributed by atoms with Crippen molar-refractivity contribution in [2.45, 2.75) is 44.1 Å². The van der Waals surface area contributed by atoms with Gasteiger partial charge in [-0.3, -0.25) is 4.79 Å². The maximum atomic E-state index is 12.0. The standard InChI is InChI=1S/C24H28BrNO3/c1-3-28-23(27)14-17-6-4-5-7-21(17)29-22-16-24(10-12-26(2)13-11-24)20-9-8-18(25)15-19(20)22/h4-9,15,22H,3,10-14,16H2,1-2H3/t22-/m0/s1. The summed E-state index contributed by atoms with van der Waals surface area (Å²) in [4.78, 5) is 14.4. The molecule has 29 heavy (non-hydrogen) atoms. The number of carbonyl (C=O) groups is 1. The molecule has 4 rings (SSSR count). The Bertz CT molecular complexity index is 889. The number of hydrogen-bond acceptors (Lipinski definition) is 4. The van der Waals surface area contributed by atoms with Gasteiger partial charge in [0.25, 0.3) is 0 Å². The summed E-state index contributed by atoms with van der Waals surface area (Å²) in [5, 5.41) is 0. The predicted molar refractivity (Wildman–Crippen MR) is 117 cm³/mol. The SMILES string of the molecule is CCOC(=O)Cc1ccccc1O[C@H]1CC2(CCN(C)CC2)c2ccc(Br)cc21. The molecular formula is C24H28BrNO3. The van der Waals surface area contributed by atoms with E-state index in [1.807, 2.05) is 31.2 Å². The van der Waals surface area contributed by atoms with Crippen LogP contribution < -0.4 is 4.74 Å². The second-order valence-electron chi connectivity index (χ2n) is 8.22. The van der Waals surface area contributed by atoms with Gasteiger partial charge < -0.3 is 14.4 Å². The maximum absolute atomic E-state index is 12.0. The highest BCUT2D eigenvalue weighted by atomic mass is 79.9. The molecule has 0 amide bonds. The van der Waals surface area contributed by atoms with E-state index in [0.29, 0.717) is 6.61 Å². The number of fused-ring (bicyclic) bond motifs is 2. The fraction of sp³-hybridized carbons (Fsp3) is 0.458. The summed E-state index contributed by atoms with van der Waals surface area (Å²) in [6.07, 6.45) is 3.53. The summed E-state index contributed by atoms with van der Waals surface area (Å²) < 4.78 is 12.8. The Morgan fingerprint density at radius 1 is 1.21 bits per heavy atom. The topological polar surface area (TPSA) is 38.8 Å². The molecule has 0 aromatic heterocycles. The van der Waals surface area contributed by atoms with E-state index in [0.717, 1.165) is 48.1 Å². The first-order valence-electron chi connectivity index (χ1n) is 10.4. The first-order chi connectivity index (χ1) is 14.0. The maximum Gasteiger partial charge on any atom is 0.310 e. The second kappa shape index (κ2) is 8.49. The third-order valence-electron chi connectivity index (χ3n) is 6.33. The lowest BCUT2D eigenvalue weighted by atomic mass is 9.74. The normalized spacial score (nSPS) is 20.4. The van der Waals surface area contributed by atoms with Gasteiger partial charge >= 0.3 is 5.97 Å². The van der Waals surface area contributed by atoms with Gasteiger partial charge in [0.15, 0.2) is 0 Å². The molecule has 1 aliphatic carbocycles. The van der Waals surface area contributed by atoms with Gasteiger partial charge in [-0.25, -0.2) is 0 Å². The molecule has 1 aliphatic heterocycles. The number of hydrogen-bond donors (Lipinski definition) is 0. The Morgan fingerprint density at radius 2 is 1.97 bits per heavy atom. The lowest BCUT2D eigenvalue weighted by molar-refractivity contribution is -0.142. The molecule has 0 bridgehead atoms. The van der Waals surface area contributed by atoms with Crippen molar-refractivity contribution in [2.75, 3.05) is 26.7 Å². The highest BCUT2D eigenvalue weighted by Crippen LogP contribution is 2.52. The minimum absolute atomic E-state index is 0.00532. The molecular weight excluding hydrogens is 430 g/mol. The number of rotatable bonds is 5. The molecule has 0 unspecified atom stereocenters. The molecule has 0 radical (unpaired) electrons. The monoisotopic (exact) mass is 457 g/mol. The van der Waals surface area contributed by atoms with E-state index in [9.17, 15) is 4.79 Å². The quantitative estimate of drug-likeness (QED) is 0.589. The van der Waals surface area contributed by atoms with Gasteiger partial charge in [-0.1, -0.05) is 40.2 Å². The van der Waals surface area contributed by atoms with Gasteiger partial charge in [-0.2, -0.15) is 0 Å². The molecule has 4 nitrogen and oxygen atoms in total. The first kappa shape index (κ1) is 20.4. The minimum atomic E-state index is -0.218. The first-order valence-corrected chi connectivity index (χ1v) is 11.2. The molecule has 2 aliphatic rings. The van der Waals surface area contributed by atoms with Crippen LogP contribution in [0.5, 0.6) is 5.75 Å². The number of ether oxygens (including phenoxy) is 2. The average molecular weight is 458 g/mol. The summed E-state index contributed by atoms with van der Waals surface area (Å²) in [7, 11) is 2.20. The van der Waals surface area contributed by atoms with E-state index in [1.165, 1.54) is 11.1 Å². The number of benzene rings is 2. The van der Waals surface area contributed by atoms with E-state index >= 15 is 0 Å². The largest absolute Gasteiger partial charge is 0.485 e. The highest BCUT2D eigenvalue weighted by molar-refractivity contribution is 9.10. The molecule has 0 N–H and O–H groups in total. The third kappa shape index (κ3) is 4.22. The van der Waals surface area contributed by atoms with Crippen LogP contribution in [0.25, 0.3) is 0 Å². The van der Waals surface area contributed by atoms with Crippen molar-refractivity contribution >= 4 is 21.9 Å². The molecule has 1 saturated heterocycles. The molecule has 0 saturated carbocycles. The van der Waals surface area contributed by atoms with Crippen molar-refractivity contribution < 1.29 is 14.3 Å². The molecule has 1 atom stereocenters. The van der Waals surface area contributed by atoms with Gasteiger partial charge in [0.1, 0.15) is 11.9 Å². The van der Waals surface area contributed by atoms with Crippen molar-refractivity contribution in [3.8, 4) is 5.75 Å². The lowest BCUT2D eigenvalue weighted by Gasteiger charge is -2.38. The van der Waals surface area contributed by atoms with Crippen molar-refractivity contribution in [3.63, 3.8) is 0 Å². The van der Waals surface area contributed by atoms with Crippen LogP contribution in [0.4, 0.5) is 0 Å². The van der Waals surface area contributed by atoms with Gasteiger partial charge in [0.05, 0.1) is 13.0 Å².